The monoisotopic (exact) mass is 270 g/mol. The fourth-order valence-corrected chi connectivity index (χ4v) is 1.73. The minimum Gasteiger partial charge on any atom is -0.301 e. The van der Waals surface area contributed by atoms with E-state index in [1.807, 2.05) is 0 Å². The largest absolute Gasteiger partial charge is 0.331 e. The number of nitrogens with zero attached hydrogens (tertiary/aromatic N) is 4. The Morgan fingerprint density at radius 2 is 2.05 bits per heavy atom. The Labute approximate surface area is 106 Å². The van der Waals surface area contributed by atoms with E-state index in [2.05, 4.69) is 4.98 Å². The van der Waals surface area contributed by atoms with Gasteiger partial charge in [0.2, 0.25) is 0 Å². The molecular formula is C11H12F2N4O2. The molecule has 0 aromatic carbocycles. The predicted octanol–water partition coefficient (Wildman–Crippen LogP) is 0.670. The highest BCUT2D eigenvalue weighted by atomic mass is 19.3. The molecule has 0 spiro atoms. The van der Waals surface area contributed by atoms with Gasteiger partial charge in [-0.05, 0) is 6.92 Å². The van der Waals surface area contributed by atoms with Gasteiger partial charge in [-0.15, -0.1) is 0 Å². The maximum atomic E-state index is 12.7. The number of hydrogen-bond acceptors (Lipinski definition) is 3. The van der Waals surface area contributed by atoms with Crippen molar-refractivity contribution in [3.05, 3.63) is 51.3 Å². The van der Waals surface area contributed by atoms with Gasteiger partial charge < -0.3 is 4.57 Å². The van der Waals surface area contributed by atoms with Crippen molar-refractivity contribution in [2.45, 2.75) is 26.6 Å². The van der Waals surface area contributed by atoms with Crippen molar-refractivity contribution >= 4 is 0 Å². The van der Waals surface area contributed by atoms with Crippen molar-refractivity contribution < 1.29 is 8.78 Å². The summed E-state index contributed by atoms with van der Waals surface area (Å²) in [7, 11) is 0. The molecule has 0 aliphatic carbocycles. The molecule has 0 aliphatic heterocycles. The van der Waals surface area contributed by atoms with E-state index in [-0.39, 0.29) is 12.4 Å². The summed E-state index contributed by atoms with van der Waals surface area (Å²) in [6, 6.07) is 1.22. The zero-order chi connectivity index (χ0) is 14.0. The van der Waals surface area contributed by atoms with E-state index in [0.29, 0.717) is 11.1 Å². The lowest BCUT2D eigenvalue weighted by molar-refractivity contribution is 0.0666. The molecule has 2 rings (SSSR count). The standard InChI is InChI=1S/C11H12F2N4O2/c1-2-15-5-3-9(18)17(11(15)19)7-8-14-4-6-16(8)10(12)13/h3-6,10H,2,7H2,1H3. The van der Waals surface area contributed by atoms with Crippen LogP contribution in [-0.2, 0) is 13.1 Å². The first-order chi connectivity index (χ1) is 9.04. The van der Waals surface area contributed by atoms with Gasteiger partial charge in [0, 0.05) is 31.2 Å². The highest BCUT2D eigenvalue weighted by Crippen LogP contribution is 2.12. The molecule has 0 radical (unpaired) electrons. The second-order valence-corrected chi connectivity index (χ2v) is 3.84. The molecule has 0 atom stereocenters. The summed E-state index contributed by atoms with van der Waals surface area (Å²) in [5, 5.41) is 0. The fraction of sp³-hybridized carbons (Fsp3) is 0.364. The van der Waals surface area contributed by atoms with Crippen LogP contribution in [0.15, 0.2) is 34.2 Å². The van der Waals surface area contributed by atoms with E-state index >= 15 is 0 Å². The highest BCUT2D eigenvalue weighted by molar-refractivity contribution is 4.96. The van der Waals surface area contributed by atoms with Gasteiger partial charge in [0.25, 0.3) is 5.56 Å². The summed E-state index contributed by atoms with van der Waals surface area (Å²) in [5.74, 6) is -0.0388. The average Bonchev–Trinajstić information content (AvgIpc) is 2.83. The molecule has 19 heavy (non-hydrogen) atoms. The van der Waals surface area contributed by atoms with Crippen molar-refractivity contribution in [3.63, 3.8) is 0 Å². The Kier molecular flexibility index (Phi) is 3.59. The lowest BCUT2D eigenvalue weighted by Crippen LogP contribution is -2.39. The first-order valence-electron chi connectivity index (χ1n) is 5.64. The fourth-order valence-electron chi connectivity index (χ4n) is 1.73. The Morgan fingerprint density at radius 1 is 1.32 bits per heavy atom. The maximum Gasteiger partial charge on any atom is 0.331 e. The first kappa shape index (κ1) is 13.2. The van der Waals surface area contributed by atoms with Crippen LogP contribution in [0.3, 0.4) is 0 Å². The number of imidazole rings is 1. The van der Waals surface area contributed by atoms with Crippen LogP contribution >= 0.6 is 0 Å². The summed E-state index contributed by atoms with van der Waals surface area (Å²) < 4.78 is 28.1. The molecule has 6 nitrogen and oxygen atoms in total. The minimum atomic E-state index is -2.76. The molecule has 0 N–H and O–H groups in total. The quantitative estimate of drug-likeness (QED) is 0.820. The van der Waals surface area contributed by atoms with Crippen molar-refractivity contribution in [1.29, 1.82) is 0 Å². The van der Waals surface area contributed by atoms with Gasteiger partial charge in [0.1, 0.15) is 5.82 Å². The summed E-state index contributed by atoms with van der Waals surface area (Å²) in [5.41, 5.74) is -1.09. The zero-order valence-electron chi connectivity index (χ0n) is 10.2. The molecule has 0 bridgehead atoms. The number of aromatic nitrogens is 4. The van der Waals surface area contributed by atoms with Gasteiger partial charge in [0.05, 0.1) is 6.54 Å². The Balaban J connectivity index is 2.47. The first-order valence-corrected chi connectivity index (χ1v) is 5.64. The SMILES string of the molecule is CCn1ccc(=O)n(Cc2nccn2C(F)F)c1=O. The predicted molar refractivity (Wildman–Crippen MR) is 63.2 cm³/mol. The third-order valence-electron chi connectivity index (χ3n) is 2.74. The summed E-state index contributed by atoms with van der Waals surface area (Å²) >= 11 is 0. The van der Waals surface area contributed by atoms with Crippen LogP contribution in [0, 0.1) is 0 Å². The van der Waals surface area contributed by atoms with Crippen LogP contribution in [-0.4, -0.2) is 18.7 Å². The highest BCUT2D eigenvalue weighted by Gasteiger charge is 2.14. The summed E-state index contributed by atoms with van der Waals surface area (Å²) in [6.45, 7) is -0.903. The second-order valence-electron chi connectivity index (χ2n) is 3.84. The van der Waals surface area contributed by atoms with E-state index in [1.165, 1.54) is 23.0 Å². The van der Waals surface area contributed by atoms with Crippen molar-refractivity contribution in [2.75, 3.05) is 0 Å². The van der Waals surface area contributed by atoms with E-state index in [4.69, 9.17) is 0 Å². The number of aryl methyl sites for hydroxylation is 1. The molecule has 0 saturated heterocycles. The molecule has 102 valence electrons. The topological polar surface area (TPSA) is 61.8 Å². The van der Waals surface area contributed by atoms with Crippen molar-refractivity contribution in [1.82, 2.24) is 18.7 Å². The molecule has 2 heterocycles. The van der Waals surface area contributed by atoms with Gasteiger partial charge in [-0.3, -0.25) is 13.9 Å². The third kappa shape index (κ3) is 2.47. The van der Waals surface area contributed by atoms with Crippen LogP contribution in [0.4, 0.5) is 8.78 Å². The van der Waals surface area contributed by atoms with Crippen molar-refractivity contribution in [2.24, 2.45) is 0 Å². The molecular weight excluding hydrogens is 258 g/mol. The number of halogens is 2. The molecule has 0 unspecified atom stereocenters. The normalized spacial score (nSPS) is 11.2. The molecule has 0 aliphatic rings. The van der Waals surface area contributed by atoms with Gasteiger partial charge >= 0.3 is 12.2 Å². The van der Waals surface area contributed by atoms with Crippen molar-refractivity contribution in [3.8, 4) is 0 Å². The number of rotatable bonds is 4. The molecule has 8 heteroatoms. The average molecular weight is 270 g/mol. The van der Waals surface area contributed by atoms with Gasteiger partial charge in [-0.2, -0.15) is 8.78 Å². The lowest BCUT2D eigenvalue weighted by atomic mass is 10.5. The van der Waals surface area contributed by atoms with E-state index in [1.54, 1.807) is 6.92 Å². The molecule has 2 aromatic heterocycles. The van der Waals surface area contributed by atoms with Gasteiger partial charge in [0.15, 0.2) is 0 Å². The Morgan fingerprint density at radius 3 is 2.68 bits per heavy atom. The van der Waals surface area contributed by atoms with Gasteiger partial charge in [-0.25, -0.2) is 9.78 Å². The smallest absolute Gasteiger partial charge is 0.301 e. The minimum absolute atomic E-state index is 0.0388. The zero-order valence-corrected chi connectivity index (χ0v) is 10.2. The number of alkyl halides is 2. The summed E-state index contributed by atoms with van der Waals surface area (Å²) in [4.78, 5) is 27.3. The Bertz CT molecular complexity index is 686. The molecule has 0 fully saturated rings. The van der Waals surface area contributed by atoms with Gasteiger partial charge in [-0.1, -0.05) is 0 Å². The molecule has 0 saturated carbocycles. The van der Waals surface area contributed by atoms with Crippen LogP contribution in [0.25, 0.3) is 0 Å². The van der Waals surface area contributed by atoms with Crippen LogP contribution < -0.4 is 11.2 Å². The Hall–Kier alpha value is -2.25. The third-order valence-corrected chi connectivity index (χ3v) is 2.74. The summed E-state index contributed by atoms with van der Waals surface area (Å²) in [6.07, 6.45) is 3.68. The van der Waals surface area contributed by atoms with Crippen LogP contribution in [0.2, 0.25) is 0 Å². The lowest BCUT2D eigenvalue weighted by Gasteiger charge is -2.09. The molecule has 0 amide bonds. The maximum absolute atomic E-state index is 12.7. The van der Waals surface area contributed by atoms with Crippen LogP contribution in [0.1, 0.15) is 19.3 Å². The van der Waals surface area contributed by atoms with E-state index in [9.17, 15) is 18.4 Å². The number of hydrogen-bond donors (Lipinski definition) is 0. The molecule has 2 aromatic rings. The van der Waals surface area contributed by atoms with E-state index in [0.717, 1.165) is 10.8 Å². The van der Waals surface area contributed by atoms with Crippen LogP contribution in [0.5, 0.6) is 0 Å². The van der Waals surface area contributed by atoms with E-state index < -0.39 is 17.8 Å². The second kappa shape index (κ2) is 5.17.